The van der Waals surface area contributed by atoms with Gasteiger partial charge in [0, 0.05) is 43.3 Å². The Labute approximate surface area is 156 Å². The minimum absolute atomic E-state index is 0.0790. The number of carbonyl (C=O) groups excluding carboxylic acids is 1. The monoisotopic (exact) mass is 377 g/mol. The van der Waals surface area contributed by atoms with Gasteiger partial charge in [0.15, 0.2) is 16.7 Å². The third-order valence-electron chi connectivity index (χ3n) is 4.13. The Kier molecular flexibility index (Phi) is 6.02. The number of hydrogen-bond donors (Lipinski definition) is 2. The van der Waals surface area contributed by atoms with Crippen molar-refractivity contribution >= 4 is 29.2 Å². The molecular formula is C17H23N5O3S. The Morgan fingerprint density at radius 3 is 2.88 bits per heavy atom. The molecule has 0 atom stereocenters. The van der Waals surface area contributed by atoms with Crippen molar-refractivity contribution in [2.45, 2.75) is 9.99 Å². The van der Waals surface area contributed by atoms with Crippen molar-refractivity contribution < 1.29 is 13.9 Å². The van der Waals surface area contributed by atoms with E-state index in [1.807, 2.05) is 6.07 Å². The van der Waals surface area contributed by atoms with Gasteiger partial charge in [-0.05, 0) is 24.9 Å². The Morgan fingerprint density at radius 1 is 1.42 bits per heavy atom. The lowest BCUT2D eigenvalue weighted by atomic mass is 10.3. The topological polar surface area (TPSA) is 96.9 Å². The molecule has 3 heterocycles. The SMILES string of the molecule is COc1cc(Sc2occc2NC(=O)CN)cnc1N1CCN(C)CC1. The number of nitrogens with one attached hydrogen (secondary N) is 1. The van der Waals surface area contributed by atoms with Gasteiger partial charge in [-0.15, -0.1) is 0 Å². The lowest BCUT2D eigenvalue weighted by molar-refractivity contribution is -0.114. The standard InChI is InChI=1S/C17H23N5O3S/c1-21-4-6-22(7-5-21)16-14(24-2)9-12(11-19-16)26-17-13(3-8-25-17)20-15(23)10-18/h3,8-9,11H,4-7,10,18H2,1-2H3,(H,20,23). The van der Waals surface area contributed by atoms with E-state index in [1.165, 1.54) is 18.0 Å². The van der Waals surface area contributed by atoms with Crippen LogP contribution in [-0.2, 0) is 4.79 Å². The summed E-state index contributed by atoms with van der Waals surface area (Å²) in [5.74, 6) is 1.30. The van der Waals surface area contributed by atoms with E-state index in [9.17, 15) is 4.79 Å². The van der Waals surface area contributed by atoms with Gasteiger partial charge in [0.1, 0.15) is 0 Å². The third kappa shape index (κ3) is 4.29. The van der Waals surface area contributed by atoms with Crippen molar-refractivity contribution in [2.24, 2.45) is 5.73 Å². The van der Waals surface area contributed by atoms with Crippen molar-refractivity contribution in [3.05, 3.63) is 24.6 Å². The molecule has 0 aromatic carbocycles. The number of aromatic nitrogens is 1. The highest BCUT2D eigenvalue weighted by Gasteiger charge is 2.20. The summed E-state index contributed by atoms with van der Waals surface area (Å²) in [6, 6.07) is 3.63. The van der Waals surface area contributed by atoms with Crippen LogP contribution in [-0.4, -0.2) is 62.7 Å². The maximum absolute atomic E-state index is 11.5. The van der Waals surface area contributed by atoms with Crippen molar-refractivity contribution in [1.82, 2.24) is 9.88 Å². The van der Waals surface area contributed by atoms with Crippen LogP contribution in [0.25, 0.3) is 0 Å². The van der Waals surface area contributed by atoms with E-state index in [1.54, 1.807) is 19.4 Å². The minimum atomic E-state index is -0.269. The van der Waals surface area contributed by atoms with Crippen LogP contribution in [0.3, 0.4) is 0 Å². The second-order valence-electron chi connectivity index (χ2n) is 5.96. The summed E-state index contributed by atoms with van der Waals surface area (Å²) in [6.07, 6.45) is 3.32. The number of rotatable bonds is 6. The van der Waals surface area contributed by atoms with E-state index in [0.717, 1.165) is 42.6 Å². The molecule has 1 fully saturated rings. The molecule has 0 saturated carbocycles. The molecule has 0 radical (unpaired) electrons. The summed E-state index contributed by atoms with van der Waals surface area (Å²) in [5, 5.41) is 3.29. The van der Waals surface area contributed by atoms with Crippen LogP contribution < -0.4 is 20.7 Å². The number of amides is 1. The van der Waals surface area contributed by atoms with Crippen LogP contribution in [0.1, 0.15) is 0 Å². The lowest BCUT2D eigenvalue weighted by Crippen LogP contribution is -2.44. The van der Waals surface area contributed by atoms with Gasteiger partial charge < -0.3 is 30.0 Å². The van der Waals surface area contributed by atoms with Crippen LogP contribution in [0.4, 0.5) is 11.5 Å². The lowest BCUT2D eigenvalue weighted by Gasteiger charge is -2.33. The van der Waals surface area contributed by atoms with Crippen LogP contribution in [0.2, 0.25) is 0 Å². The molecule has 140 valence electrons. The van der Waals surface area contributed by atoms with Gasteiger partial charge in [-0.2, -0.15) is 0 Å². The highest BCUT2D eigenvalue weighted by atomic mass is 32.2. The Hall–Kier alpha value is -2.23. The zero-order valence-corrected chi connectivity index (χ0v) is 15.7. The molecule has 0 aliphatic carbocycles. The summed E-state index contributed by atoms with van der Waals surface area (Å²) in [6.45, 7) is 3.75. The van der Waals surface area contributed by atoms with Crippen molar-refractivity contribution in [3.63, 3.8) is 0 Å². The third-order valence-corrected chi connectivity index (χ3v) is 5.09. The van der Waals surface area contributed by atoms with E-state index in [-0.39, 0.29) is 12.5 Å². The zero-order valence-electron chi connectivity index (χ0n) is 14.9. The first-order valence-corrected chi connectivity index (χ1v) is 9.15. The number of methoxy groups -OCH3 is 1. The number of pyridine rings is 1. The highest BCUT2D eigenvalue weighted by molar-refractivity contribution is 7.99. The number of likely N-dealkylation sites (N-methyl/N-ethyl adjacent to an activating group) is 1. The molecule has 2 aromatic rings. The Bertz CT molecular complexity index is 759. The number of anilines is 2. The first-order valence-electron chi connectivity index (χ1n) is 8.33. The molecule has 0 bridgehead atoms. The number of carbonyl (C=O) groups is 1. The molecule has 2 aromatic heterocycles. The van der Waals surface area contributed by atoms with Crippen molar-refractivity contribution in [3.8, 4) is 5.75 Å². The van der Waals surface area contributed by atoms with Crippen molar-refractivity contribution in [1.29, 1.82) is 0 Å². The summed E-state index contributed by atoms with van der Waals surface area (Å²) < 4.78 is 11.0. The van der Waals surface area contributed by atoms with E-state index in [4.69, 9.17) is 14.9 Å². The van der Waals surface area contributed by atoms with Crippen LogP contribution in [0.5, 0.6) is 5.75 Å². The van der Waals surface area contributed by atoms with Crippen molar-refractivity contribution in [2.75, 3.05) is 57.1 Å². The van der Waals surface area contributed by atoms with E-state index in [2.05, 4.69) is 27.1 Å². The molecule has 8 nitrogen and oxygen atoms in total. The van der Waals surface area contributed by atoms with Gasteiger partial charge in [-0.1, -0.05) is 0 Å². The molecule has 1 amide bonds. The molecular weight excluding hydrogens is 354 g/mol. The smallest absolute Gasteiger partial charge is 0.238 e. The molecule has 3 N–H and O–H groups in total. The first-order chi connectivity index (χ1) is 12.6. The molecule has 0 unspecified atom stereocenters. The number of furan rings is 1. The molecule has 1 aliphatic rings. The van der Waals surface area contributed by atoms with Gasteiger partial charge in [-0.3, -0.25) is 4.79 Å². The van der Waals surface area contributed by atoms with Gasteiger partial charge in [0.25, 0.3) is 0 Å². The molecule has 26 heavy (non-hydrogen) atoms. The van der Waals surface area contributed by atoms with E-state index >= 15 is 0 Å². The summed E-state index contributed by atoms with van der Waals surface area (Å²) >= 11 is 1.37. The predicted molar refractivity (Wildman–Crippen MR) is 101 cm³/mol. The van der Waals surface area contributed by atoms with Crippen LogP contribution in [0, 0.1) is 0 Å². The van der Waals surface area contributed by atoms with Crippen LogP contribution in [0.15, 0.2) is 39.0 Å². The fraction of sp³-hybridized carbons (Fsp3) is 0.412. The molecule has 1 saturated heterocycles. The number of hydrogen-bond acceptors (Lipinski definition) is 8. The second-order valence-corrected chi connectivity index (χ2v) is 7.01. The van der Waals surface area contributed by atoms with Gasteiger partial charge in [-0.25, -0.2) is 4.98 Å². The summed E-state index contributed by atoms with van der Waals surface area (Å²) in [7, 11) is 3.76. The number of piperazine rings is 1. The quantitative estimate of drug-likeness (QED) is 0.781. The second kappa shape index (κ2) is 8.43. The largest absolute Gasteiger partial charge is 0.493 e. The van der Waals surface area contributed by atoms with Gasteiger partial charge >= 0.3 is 0 Å². The van der Waals surface area contributed by atoms with E-state index in [0.29, 0.717) is 10.8 Å². The zero-order chi connectivity index (χ0) is 18.5. The number of ether oxygens (including phenoxy) is 1. The average Bonchev–Trinajstić information content (AvgIpc) is 3.09. The fourth-order valence-electron chi connectivity index (χ4n) is 2.66. The summed E-state index contributed by atoms with van der Waals surface area (Å²) in [4.78, 5) is 21.5. The van der Waals surface area contributed by atoms with E-state index < -0.39 is 0 Å². The fourth-order valence-corrected chi connectivity index (χ4v) is 3.47. The number of nitrogens with two attached hydrogens (primary N) is 1. The molecule has 9 heteroatoms. The Balaban J connectivity index is 1.76. The first kappa shape index (κ1) is 18.6. The minimum Gasteiger partial charge on any atom is -0.493 e. The summed E-state index contributed by atoms with van der Waals surface area (Å²) in [5.41, 5.74) is 5.93. The molecule has 3 rings (SSSR count). The van der Waals surface area contributed by atoms with Crippen LogP contribution >= 0.6 is 11.8 Å². The number of nitrogens with zero attached hydrogens (tertiary/aromatic N) is 3. The molecule has 0 spiro atoms. The highest BCUT2D eigenvalue weighted by Crippen LogP contribution is 2.37. The predicted octanol–water partition coefficient (Wildman–Crippen LogP) is 1.48. The van der Waals surface area contributed by atoms with Gasteiger partial charge in [0.2, 0.25) is 5.91 Å². The maximum atomic E-state index is 11.5. The average molecular weight is 377 g/mol. The normalized spacial score (nSPS) is 15.1. The maximum Gasteiger partial charge on any atom is 0.238 e. The Morgan fingerprint density at radius 2 is 2.19 bits per heavy atom. The van der Waals surface area contributed by atoms with Gasteiger partial charge in [0.05, 0.1) is 25.6 Å². The molecule has 1 aliphatic heterocycles.